The molecule has 3 fully saturated rings. The largest absolute Gasteiger partial charge is 0.375 e. The zero-order valence-electron chi connectivity index (χ0n) is 17.8. The number of aromatic nitrogens is 4. The number of aliphatic hydroxyl groups is 1. The van der Waals surface area contributed by atoms with Crippen LogP contribution in [0, 0.1) is 0 Å². The summed E-state index contributed by atoms with van der Waals surface area (Å²) in [6, 6.07) is 3.90. The van der Waals surface area contributed by atoms with E-state index >= 15 is 0 Å². The Morgan fingerprint density at radius 2 is 1.42 bits per heavy atom. The van der Waals surface area contributed by atoms with Gasteiger partial charge in [0.25, 0.3) is 0 Å². The van der Waals surface area contributed by atoms with E-state index in [4.69, 9.17) is 0 Å². The Balaban J connectivity index is 0.000000325. The van der Waals surface area contributed by atoms with Gasteiger partial charge in [0.1, 0.15) is 11.7 Å². The molecule has 188 valence electrons. The van der Waals surface area contributed by atoms with Crippen LogP contribution < -0.4 is 0 Å². The molecule has 33 heavy (non-hydrogen) atoms. The van der Waals surface area contributed by atoms with Crippen LogP contribution in [0.15, 0.2) is 18.3 Å². The van der Waals surface area contributed by atoms with E-state index in [1.807, 2.05) is 18.3 Å². The summed E-state index contributed by atoms with van der Waals surface area (Å²) >= 11 is 0. The molecule has 3 saturated heterocycles. The Hall–Kier alpha value is -1.17. The Morgan fingerprint density at radius 3 is 1.91 bits per heavy atom. The molecule has 1 unspecified atom stereocenters. The summed E-state index contributed by atoms with van der Waals surface area (Å²) in [5.41, 5.74) is 1.68. The van der Waals surface area contributed by atoms with Gasteiger partial charge in [0.15, 0.2) is 0 Å². The van der Waals surface area contributed by atoms with Gasteiger partial charge in [-0.25, -0.2) is 4.98 Å². The molecule has 0 saturated carbocycles. The van der Waals surface area contributed by atoms with Gasteiger partial charge in [0, 0.05) is 38.9 Å². The van der Waals surface area contributed by atoms with Crippen molar-refractivity contribution in [2.45, 2.75) is 44.8 Å². The monoisotopic (exact) mass is 521 g/mol. The molecule has 5 rings (SSSR count). The van der Waals surface area contributed by atoms with Gasteiger partial charge >= 0.3 is 40.9 Å². The Labute approximate surface area is 187 Å². The standard InChI is InChI=1S/C17H27N7OP.F6P/c25-16-8-6-14-23(16)26(21-10-1-2-11-21,22-12-3-4-13-22)24-17-15(19-20-24)7-5-9-18-17;1-7(2,3,4,5)6/h5,7,9,16,25H,1-4,6,8,10-14H2;/q+1;-1. The van der Waals surface area contributed by atoms with E-state index in [1.54, 1.807) is 0 Å². The summed E-state index contributed by atoms with van der Waals surface area (Å²) in [6.07, 6.45) is 8.12. The fourth-order valence-corrected chi connectivity index (χ4v) is 9.55. The first-order chi connectivity index (χ1) is 15.3. The molecule has 0 radical (unpaired) electrons. The van der Waals surface area contributed by atoms with Crippen LogP contribution in [0.3, 0.4) is 0 Å². The summed E-state index contributed by atoms with van der Waals surface area (Å²) in [7, 11) is -12.9. The van der Waals surface area contributed by atoms with Gasteiger partial charge < -0.3 is 5.11 Å². The van der Waals surface area contributed by atoms with E-state index in [2.05, 4.69) is 33.8 Å². The summed E-state index contributed by atoms with van der Waals surface area (Å²) in [5.74, 6) is 0. The summed E-state index contributed by atoms with van der Waals surface area (Å²) in [4.78, 5) is 4.65. The van der Waals surface area contributed by atoms with Crippen LogP contribution in [0.25, 0.3) is 11.2 Å². The molecule has 1 N–H and O–H groups in total. The van der Waals surface area contributed by atoms with E-state index in [-0.39, 0.29) is 0 Å². The molecule has 0 aliphatic carbocycles. The molecule has 2 aromatic heterocycles. The molecule has 1 atom stereocenters. The van der Waals surface area contributed by atoms with Crippen molar-refractivity contribution in [1.82, 2.24) is 33.8 Å². The van der Waals surface area contributed by atoms with Gasteiger partial charge in [0.2, 0.25) is 5.65 Å². The topological polar surface area (TPSA) is 73.6 Å². The van der Waals surface area contributed by atoms with Crippen molar-refractivity contribution in [3.05, 3.63) is 18.3 Å². The second kappa shape index (κ2) is 8.20. The number of halogens is 6. The summed E-state index contributed by atoms with van der Waals surface area (Å²) < 4.78 is 68.9. The smallest absolute Gasteiger partial charge is 0.359 e. The van der Waals surface area contributed by atoms with E-state index in [9.17, 15) is 30.3 Å². The van der Waals surface area contributed by atoms with Crippen molar-refractivity contribution in [3.63, 3.8) is 0 Å². The first kappa shape index (κ1) is 24.9. The van der Waals surface area contributed by atoms with Crippen LogP contribution in [-0.2, 0) is 0 Å². The normalized spacial score (nSPS) is 25.7. The zero-order valence-corrected chi connectivity index (χ0v) is 19.6. The molecule has 0 spiro atoms. The number of hydrogen-bond donors (Lipinski definition) is 1. The van der Waals surface area contributed by atoms with Crippen molar-refractivity contribution in [3.8, 4) is 0 Å². The van der Waals surface area contributed by atoms with Crippen molar-refractivity contribution >= 4 is 26.8 Å². The third-order valence-corrected chi connectivity index (χ3v) is 10.2. The van der Waals surface area contributed by atoms with Crippen LogP contribution >= 0.6 is 15.7 Å². The first-order valence-electron chi connectivity index (χ1n) is 10.9. The van der Waals surface area contributed by atoms with Gasteiger partial charge in [-0.1, -0.05) is 4.67 Å². The minimum Gasteiger partial charge on any atom is -0.375 e. The zero-order chi connectivity index (χ0) is 24.0. The van der Waals surface area contributed by atoms with E-state index in [1.165, 1.54) is 25.7 Å². The maximum atomic E-state index is 10.9. The van der Waals surface area contributed by atoms with Gasteiger partial charge in [-0.2, -0.15) is 0 Å². The fraction of sp³-hybridized carbons (Fsp3) is 0.706. The maximum Gasteiger partial charge on any atom is 0.359 e. The molecule has 16 heteroatoms. The molecule has 8 nitrogen and oxygen atoms in total. The van der Waals surface area contributed by atoms with Crippen molar-refractivity contribution in [2.24, 2.45) is 0 Å². The predicted molar refractivity (Wildman–Crippen MR) is 115 cm³/mol. The van der Waals surface area contributed by atoms with Gasteiger partial charge in [-0.05, 0) is 60.3 Å². The molecule has 0 amide bonds. The molecule has 0 aromatic carbocycles. The van der Waals surface area contributed by atoms with Gasteiger partial charge in [-0.15, -0.1) is 14.4 Å². The van der Waals surface area contributed by atoms with Crippen molar-refractivity contribution < 1.29 is 30.3 Å². The van der Waals surface area contributed by atoms with Crippen LogP contribution in [-0.4, -0.2) is 77.8 Å². The molecule has 2 aromatic rings. The molecule has 0 bridgehead atoms. The number of pyridine rings is 1. The van der Waals surface area contributed by atoms with Crippen molar-refractivity contribution in [2.75, 3.05) is 32.7 Å². The first-order valence-corrected chi connectivity index (χ1v) is 14.5. The average molecular weight is 521 g/mol. The quantitative estimate of drug-likeness (QED) is 0.430. The van der Waals surface area contributed by atoms with Crippen molar-refractivity contribution in [1.29, 1.82) is 0 Å². The predicted octanol–water partition coefficient (Wildman–Crippen LogP) is 5.34. The average Bonchev–Trinajstić information content (AvgIpc) is 3.50. The Bertz CT molecular complexity index is 952. The van der Waals surface area contributed by atoms with Crippen LogP contribution in [0.2, 0.25) is 0 Å². The minimum atomic E-state index is -10.7. The Morgan fingerprint density at radius 1 is 0.879 bits per heavy atom. The third-order valence-electron chi connectivity index (χ3n) is 5.91. The van der Waals surface area contributed by atoms with Gasteiger partial charge in [-0.3, -0.25) is 0 Å². The molecule has 3 aliphatic rings. The summed E-state index contributed by atoms with van der Waals surface area (Å²) in [6.45, 7) is 5.14. The second-order valence-corrected chi connectivity index (χ2v) is 13.4. The van der Waals surface area contributed by atoms with E-state index < -0.39 is 21.9 Å². The molecule has 3 aliphatic heterocycles. The second-order valence-electron chi connectivity index (χ2n) is 8.43. The number of fused-ring (bicyclic) bond motifs is 1. The van der Waals surface area contributed by atoms with E-state index in [0.717, 1.165) is 56.7 Å². The van der Waals surface area contributed by atoms with Crippen LogP contribution in [0.5, 0.6) is 0 Å². The number of nitrogens with zero attached hydrogens (tertiary/aromatic N) is 7. The molecular weight excluding hydrogens is 494 g/mol. The van der Waals surface area contributed by atoms with E-state index in [0.29, 0.717) is 0 Å². The van der Waals surface area contributed by atoms with Gasteiger partial charge in [0.05, 0.1) is 0 Å². The number of aliphatic hydroxyl groups excluding tert-OH is 1. The Kier molecular flexibility index (Phi) is 6.20. The van der Waals surface area contributed by atoms with Crippen LogP contribution in [0.4, 0.5) is 25.2 Å². The minimum absolute atomic E-state index is 0.410. The number of hydrogen-bond acceptors (Lipinski definition) is 7. The SMILES string of the molecule is F[P-](F)(F)(F)(F)F.OC1CCCN1[P+](N1CCCC1)(N1CCCC1)n1nnc2cccnc21. The van der Waals surface area contributed by atoms with Crippen LogP contribution in [0.1, 0.15) is 38.5 Å². The molecular formula is C17H27F6N7OP2. The maximum absolute atomic E-state index is 10.9. The third kappa shape index (κ3) is 5.74. The molecule has 5 heterocycles. The summed E-state index contributed by atoms with van der Waals surface area (Å²) in [5, 5.41) is 20.0. The number of rotatable bonds is 4. The fourth-order valence-electron chi connectivity index (χ4n) is 4.77.